The van der Waals surface area contributed by atoms with E-state index in [2.05, 4.69) is 10.6 Å². The third kappa shape index (κ3) is 5.53. The third-order valence-corrected chi connectivity index (χ3v) is 3.60. The summed E-state index contributed by atoms with van der Waals surface area (Å²) in [5.74, 6) is -1.46. The van der Waals surface area contributed by atoms with Crippen LogP contribution in [0.15, 0.2) is 54.2 Å². The zero-order chi connectivity index (χ0) is 18.9. The van der Waals surface area contributed by atoms with E-state index in [1.54, 1.807) is 36.4 Å². The van der Waals surface area contributed by atoms with E-state index in [-0.39, 0.29) is 17.8 Å². The van der Waals surface area contributed by atoms with Crippen molar-refractivity contribution in [2.75, 3.05) is 20.3 Å². The molecule has 2 N–H and O–H groups in total. The van der Waals surface area contributed by atoms with Crippen molar-refractivity contribution in [3.8, 4) is 0 Å². The van der Waals surface area contributed by atoms with Gasteiger partial charge in [0.1, 0.15) is 11.5 Å². The first-order valence-electron chi connectivity index (χ1n) is 8.12. The number of ether oxygens (including phenoxy) is 1. The lowest BCUT2D eigenvalue weighted by molar-refractivity contribution is -0.117. The summed E-state index contributed by atoms with van der Waals surface area (Å²) in [7, 11) is 1.52. The maximum absolute atomic E-state index is 13.9. The molecule has 26 heavy (non-hydrogen) atoms. The largest absolute Gasteiger partial charge is 0.383 e. The maximum atomic E-state index is 13.9. The van der Waals surface area contributed by atoms with Crippen molar-refractivity contribution in [1.29, 1.82) is 0 Å². The van der Waals surface area contributed by atoms with Crippen molar-refractivity contribution < 1.29 is 18.7 Å². The molecule has 136 valence electrons. The highest BCUT2D eigenvalue weighted by Crippen LogP contribution is 2.11. The molecule has 0 spiro atoms. The van der Waals surface area contributed by atoms with E-state index in [0.717, 1.165) is 5.56 Å². The first-order chi connectivity index (χ1) is 12.5. The Morgan fingerprint density at radius 3 is 2.46 bits per heavy atom. The number of hydrogen-bond acceptors (Lipinski definition) is 3. The van der Waals surface area contributed by atoms with Crippen LogP contribution in [0.3, 0.4) is 0 Å². The lowest BCUT2D eigenvalue weighted by atomic mass is 10.1. The summed E-state index contributed by atoms with van der Waals surface area (Å²) < 4.78 is 18.8. The van der Waals surface area contributed by atoms with E-state index in [0.29, 0.717) is 12.2 Å². The van der Waals surface area contributed by atoms with Crippen LogP contribution in [-0.4, -0.2) is 32.1 Å². The number of aryl methyl sites for hydroxylation is 1. The number of hydrogen-bond donors (Lipinski definition) is 2. The molecule has 2 aromatic carbocycles. The average Bonchev–Trinajstić information content (AvgIpc) is 2.63. The second-order valence-electron chi connectivity index (χ2n) is 5.65. The van der Waals surface area contributed by atoms with E-state index < -0.39 is 17.6 Å². The van der Waals surface area contributed by atoms with Gasteiger partial charge in [-0.2, -0.15) is 0 Å². The van der Waals surface area contributed by atoms with Gasteiger partial charge < -0.3 is 15.4 Å². The van der Waals surface area contributed by atoms with Gasteiger partial charge in [0.25, 0.3) is 11.8 Å². The van der Waals surface area contributed by atoms with Crippen molar-refractivity contribution in [3.63, 3.8) is 0 Å². The summed E-state index contributed by atoms with van der Waals surface area (Å²) in [5.41, 5.74) is 1.58. The van der Waals surface area contributed by atoms with Crippen molar-refractivity contribution in [1.82, 2.24) is 10.6 Å². The molecule has 0 saturated carbocycles. The maximum Gasteiger partial charge on any atom is 0.267 e. The molecule has 0 heterocycles. The minimum atomic E-state index is -0.522. The van der Waals surface area contributed by atoms with Crippen LogP contribution >= 0.6 is 0 Å². The first-order valence-corrected chi connectivity index (χ1v) is 8.12. The lowest BCUT2D eigenvalue weighted by Gasteiger charge is -2.11. The SMILES string of the molecule is COCCNC(=O)C(=Cc1ccccc1F)NC(=O)c1ccc(C)cc1. The topological polar surface area (TPSA) is 67.4 Å². The van der Waals surface area contributed by atoms with Crippen molar-refractivity contribution in [2.24, 2.45) is 0 Å². The molecule has 0 unspecified atom stereocenters. The molecule has 0 radical (unpaired) electrons. The monoisotopic (exact) mass is 356 g/mol. The van der Waals surface area contributed by atoms with Crippen LogP contribution in [-0.2, 0) is 9.53 Å². The van der Waals surface area contributed by atoms with Gasteiger partial charge in [-0.3, -0.25) is 9.59 Å². The zero-order valence-corrected chi connectivity index (χ0v) is 14.7. The molecule has 5 nitrogen and oxygen atoms in total. The molecule has 2 rings (SSSR count). The van der Waals surface area contributed by atoms with Gasteiger partial charge >= 0.3 is 0 Å². The van der Waals surface area contributed by atoms with Gasteiger partial charge in [0.05, 0.1) is 6.61 Å². The summed E-state index contributed by atoms with van der Waals surface area (Å²) >= 11 is 0. The van der Waals surface area contributed by atoms with Crippen molar-refractivity contribution in [3.05, 3.63) is 76.7 Å². The summed E-state index contributed by atoms with van der Waals surface area (Å²) in [6.45, 7) is 2.50. The molecule has 2 amide bonds. The highest BCUT2D eigenvalue weighted by Gasteiger charge is 2.15. The summed E-state index contributed by atoms with van der Waals surface area (Å²) in [6, 6.07) is 12.9. The Bertz CT molecular complexity index is 801. The Balaban J connectivity index is 2.25. The number of carbonyl (C=O) groups is 2. The van der Waals surface area contributed by atoms with Gasteiger partial charge in [-0.1, -0.05) is 35.9 Å². The number of carbonyl (C=O) groups excluding carboxylic acids is 2. The number of halogens is 1. The van der Waals surface area contributed by atoms with Gasteiger partial charge in [-0.25, -0.2) is 4.39 Å². The van der Waals surface area contributed by atoms with Crippen LogP contribution in [0.4, 0.5) is 4.39 Å². The normalized spacial score (nSPS) is 11.1. The smallest absolute Gasteiger partial charge is 0.267 e. The Labute approximate surface area is 151 Å². The molecule has 2 aromatic rings. The van der Waals surface area contributed by atoms with Crippen LogP contribution in [0, 0.1) is 12.7 Å². The number of amides is 2. The summed E-state index contributed by atoms with van der Waals surface area (Å²) in [4.78, 5) is 24.8. The Morgan fingerprint density at radius 2 is 1.81 bits per heavy atom. The molecular weight excluding hydrogens is 335 g/mol. The molecule has 0 fully saturated rings. The Kier molecular flexibility index (Phi) is 7.05. The quantitative estimate of drug-likeness (QED) is 0.592. The van der Waals surface area contributed by atoms with Crippen LogP contribution in [0.25, 0.3) is 6.08 Å². The van der Waals surface area contributed by atoms with Crippen LogP contribution in [0.1, 0.15) is 21.5 Å². The predicted octanol–water partition coefficient (Wildman–Crippen LogP) is 2.67. The fourth-order valence-electron chi connectivity index (χ4n) is 2.17. The zero-order valence-electron chi connectivity index (χ0n) is 14.7. The second-order valence-corrected chi connectivity index (χ2v) is 5.65. The molecule has 0 saturated heterocycles. The molecule has 0 aliphatic carbocycles. The minimum absolute atomic E-state index is 0.0446. The molecule has 0 atom stereocenters. The van der Waals surface area contributed by atoms with E-state index in [1.807, 2.05) is 6.92 Å². The molecule has 0 aliphatic rings. The Hall–Kier alpha value is -2.99. The fourth-order valence-corrected chi connectivity index (χ4v) is 2.17. The Morgan fingerprint density at radius 1 is 1.12 bits per heavy atom. The number of rotatable bonds is 7. The van der Waals surface area contributed by atoms with Gasteiger partial charge in [0.2, 0.25) is 0 Å². The molecule has 0 aromatic heterocycles. The van der Waals surface area contributed by atoms with E-state index in [9.17, 15) is 14.0 Å². The van der Waals surface area contributed by atoms with Crippen LogP contribution < -0.4 is 10.6 Å². The second kappa shape index (κ2) is 9.48. The average molecular weight is 356 g/mol. The van der Waals surface area contributed by atoms with Gasteiger partial charge in [0, 0.05) is 24.8 Å². The number of nitrogens with one attached hydrogen (secondary N) is 2. The highest BCUT2D eigenvalue weighted by atomic mass is 19.1. The molecular formula is C20H21FN2O3. The summed E-state index contributed by atoms with van der Waals surface area (Å²) in [6.07, 6.45) is 1.31. The van der Waals surface area contributed by atoms with Gasteiger partial charge in [-0.05, 0) is 31.2 Å². The highest BCUT2D eigenvalue weighted by molar-refractivity contribution is 6.05. The predicted molar refractivity (Wildman–Crippen MR) is 97.9 cm³/mol. The molecule has 0 bridgehead atoms. The van der Waals surface area contributed by atoms with E-state index in [1.165, 1.54) is 25.3 Å². The lowest BCUT2D eigenvalue weighted by Crippen LogP contribution is -2.36. The van der Waals surface area contributed by atoms with Crippen molar-refractivity contribution in [2.45, 2.75) is 6.92 Å². The van der Waals surface area contributed by atoms with Crippen LogP contribution in [0.5, 0.6) is 0 Å². The van der Waals surface area contributed by atoms with Gasteiger partial charge in [0.15, 0.2) is 0 Å². The third-order valence-electron chi connectivity index (χ3n) is 3.60. The first kappa shape index (κ1) is 19.3. The fraction of sp³-hybridized carbons (Fsp3) is 0.200. The molecule has 0 aliphatic heterocycles. The van der Waals surface area contributed by atoms with E-state index >= 15 is 0 Å². The number of methoxy groups -OCH3 is 1. The minimum Gasteiger partial charge on any atom is -0.383 e. The van der Waals surface area contributed by atoms with Crippen molar-refractivity contribution >= 4 is 17.9 Å². The number of benzene rings is 2. The van der Waals surface area contributed by atoms with E-state index in [4.69, 9.17) is 4.74 Å². The van der Waals surface area contributed by atoms with Crippen LogP contribution in [0.2, 0.25) is 0 Å². The molecule has 6 heteroatoms. The standard InChI is InChI=1S/C20H21FN2O3/c1-14-7-9-15(10-8-14)19(24)23-18(20(25)22-11-12-26-2)13-16-5-3-4-6-17(16)21/h3-10,13H,11-12H2,1-2H3,(H,22,25)(H,23,24). The van der Waals surface area contributed by atoms with Gasteiger partial charge in [-0.15, -0.1) is 0 Å². The summed E-state index contributed by atoms with van der Waals surface area (Å²) in [5, 5.41) is 5.18.